The molecule has 0 saturated carbocycles. The number of methoxy groups -OCH3 is 2. The molecule has 150 valence electrons. The maximum absolute atomic E-state index is 12.9. The first-order valence-corrected chi connectivity index (χ1v) is 9.53. The zero-order valence-corrected chi connectivity index (χ0v) is 16.8. The van der Waals surface area contributed by atoms with Gasteiger partial charge >= 0.3 is 0 Å². The van der Waals surface area contributed by atoms with E-state index in [1.165, 1.54) is 19.0 Å². The third-order valence-corrected chi connectivity index (χ3v) is 5.32. The topological polar surface area (TPSA) is 69.5 Å². The summed E-state index contributed by atoms with van der Waals surface area (Å²) in [5.74, 6) is 1.19. The molecule has 0 unspecified atom stereocenters. The van der Waals surface area contributed by atoms with Crippen LogP contribution in [0.4, 0.5) is 5.95 Å². The molecule has 1 aromatic heterocycles. The van der Waals surface area contributed by atoms with Crippen LogP contribution in [0.15, 0.2) is 54.9 Å². The van der Waals surface area contributed by atoms with Crippen LogP contribution in [0.2, 0.25) is 0 Å². The second-order valence-corrected chi connectivity index (χ2v) is 7.15. The fraction of sp³-hybridized carbons (Fsp3) is 0.318. The Balaban J connectivity index is 1.79. The number of aryl methyl sites for hydroxylation is 1. The first-order chi connectivity index (χ1) is 14.1. The van der Waals surface area contributed by atoms with Gasteiger partial charge in [0.2, 0.25) is 5.95 Å². The number of amides is 1. The van der Waals surface area contributed by atoms with Crippen LogP contribution in [-0.2, 0) is 9.53 Å². The van der Waals surface area contributed by atoms with E-state index in [9.17, 15) is 4.79 Å². The van der Waals surface area contributed by atoms with E-state index in [-0.39, 0.29) is 24.6 Å². The average Bonchev–Trinajstić information content (AvgIpc) is 3.23. The van der Waals surface area contributed by atoms with Crippen molar-refractivity contribution in [2.24, 2.45) is 0 Å². The van der Waals surface area contributed by atoms with Crippen LogP contribution in [0.3, 0.4) is 0 Å². The molecule has 0 spiro atoms. The summed E-state index contributed by atoms with van der Waals surface area (Å²) < 4.78 is 12.2. The number of hydrogen-bond acceptors (Lipinski definition) is 5. The van der Waals surface area contributed by atoms with Gasteiger partial charge in [-0.05, 0) is 36.6 Å². The van der Waals surface area contributed by atoms with E-state index in [0.29, 0.717) is 12.4 Å². The van der Waals surface area contributed by atoms with Crippen molar-refractivity contribution < 1.29 is 14.3 Å². The van der Waals surface area contributed by atoms with Crippen molar-refractivity contribution in [2.75, 3.05) is 25.7 Å². The summed E-state index contributed by atoms with van der Waals surface area (Å²) in [5.41, 5.74) is 3.33. The summed E-state index contributed by atoms with van der Waals surface area (Å²) in [6, 6.07) is 16.0. The standard InChI is InChI=1S/C22H24N4O3/c1-15-4-6-16(7-5-15)19-12-20(17-8-10-18(29-3)11-9-17)26-22(23-14-24-26)25(19)21(27)13-28-2/h4-11,14,19-20H,12-13H2,1-3H3/t19-,20+/m1/s1. The molecule has 0 saturated heterocycles. The molecule has 29 heavy (non-hydrogen) atoms. The SMILES string of the molecule is COCC(=O)N1c2ncnn2[C@H](c2ccc(OC)cc2)C[C@@H]1c1ccc(C)cc1. The Morgan fingerprint density at radius 1 is 1.03 bits per heavy atom. The lowest BCUT2D eigenvalue weighted by atomic mass is 9.91. The fourth-order valence-corrected chi connectivity index (χ4v) is 3.85. The lowest BCUT2D eigenvalue weighted by Gasteiger charge is -2.39. The van der Waals surface area contributed by atoms with Crippen LogP contribution in [-0.4, -0.2) is 41.5 Å². The van der Waals surface area contributed by atoms with Gasteiger partial charge in [0.05, 0.1) is 19.2 Å². The lowest BCUT2D eigenvalue weighted by molar-refractivity contribution is -0.123. The van der Waals surface area contributed by atoms with Crippen molar-refractivity contribution in [2.45, 2.75) is 25.4 Å². The molecule has 1 aliphatic heterocycles. The molecule has 0 bridgehead atoms. The van der Waals surface area contributed by atoms with Crippen LogP contribution < -0.4 is 9.64 Å². The van der Waals surface area contributed by atoms with E-state index in [2.05, 4.69) is 41.3 Å². The third-order valence-electron chi connectivity index (χ3n) is 5.32. The maximum Gasteiger partial charge on any atom is 0.255 e. The molecule has 7 nitrogen and oxygen atoms in total. The average molecular weight is 392 g/mol. The summed E-state index contributed by atoms with van der Waals surface area (Å²) in [5, 5.41) is 4.43. The first kappa shape index (κ1) is 19.1. The summed E-state index contributed by atoms with van der Waals surface area (Å²) >= 11 is 0. The highest BCUT2D eigenvalue weighted by Gasteiger charge is 2.39. The summed E-state index contributed by atoms with van der Waals surface area (Å²) in [6.45, 7) is 2.04. The summed E-state index contributed by atoms with van der Waals surface area (Å²) in [4.78, 5) is 19.1. The van der Waals surface area contributed by atoms with Gasteiger partial charge in [-0.25, -0.2) is 4.68 Å². The van der Waals surface area contributed by atoms with Gasteiger partial charge in [0.15, 0.2) is 0 Å². The van der Waals surface area contributed by atoms with E-state index in [0.717, 1.165) is 16.9 Å². The van der Waals surface area contributed by atoms with Crippen LogP contribution in [0.5, 0.6) is 5.75 Å². The molecule has 3 aromatic rings. The highest BCUT2D eigenvalue weighted by Crippen LogP contribution is 2.42. The molecule has 0 N–H and O–H groups in total. The number of aromatic nitrogens is 3. The molecule has 2 aromatic carbocycles. The molecule has 1 aliphatic rings. The number of nitrogens with zero attached hydrogens (tertiary/aromatic N) is 4. The van der Waals surface area contributed by atoms with Crippen molar-refractivity contribution in [1.82, 2.24) is 14.8 Å². The number of fused-ring (bicyclic) bond motifs is 1. The van der Waals surface area contributed by atoms with Crippen molar-refractivity contribution in [3.05, 3.63) is 71.5 Å². The smallest absolute Gasteiger partial charge is 0.255 e. The predicted octanol–water partition coefficient (Wildman–Crippen LogP) is 3.31. The molecular weight excluding hydrogens is 368 g/mol. The Morgan fingerprint density at radius 2 is 1.69 bits per heavy atom. The zero-order valence-electron chi connectivity index (χ0n) is 16.8. The second kappa shape index (κ2) is 8.05. The monoisotopic (exact) mass is 392 g/mol. The Bertz CT molecular complexity index is 982. The summed E-state index contributed by atoms with van der Waals surface area (Å²) in [7, 11) is 3.17. The van der Waals surface area contributed by atoms with Crippen LogP contribution in [0.1, 0.15) is 35.2 Å². The number of carbonyl (C=O) groups is 1. The number of ether oxygens (including phenoxy) is 2. The molecule has 7 heteroatoms. The van der Waals surface area contributed by atoms with Gasteiger partial charge in [-0.1, -0.05) is 42.0 Å². The molecule has 0 radical (unpaired) electrons. The van der Waals surface area contributed by atoms with Gasteiger partial charge in [-0.2, -0.15) is 10.1 Å². The lowest BCUT2D eigenvalue weighted by Crippen LogP contribution is -2.44. The van der Waals surface area contributed by atoms with Crippen molar-refractivity contribution in [3.8, 4) is 5.75 Å². The normalized spacial score (nSPS) is 18.4. The largest absolute Gasteiger partial charge is 0.497 e. The molecular formula is C22H24N4O3. The van der Waals surface area contributed by atoms with Gasteiger partial charge in [0.25, 0.3) is 5.91 Å². The quantitative estimate of drug-likeness (QED) is 0.666. The van der Waals surface area contributed by atoms with E-state index in [4.69, 9.17) is 9.47 Å². The van der Waals surface area contributed by atoms with Gasteiger partial charge in [0.1, 0.15) is 18.7 Å². The van der Waals surface area contributed by atoms with Crippen molar-refractivity contribution in [3.63, 3.8) is 0 Å². The van der Waals surface area contributed by atoms with Gasteiger partial charge < -0.3 is 9.47 Å². The van der Waals surface area contributed by atoms with E-state index in [1.54, 1.807) is 12.0 Å². The van der Waals surface area contributed by atoms with Crippen molar-refractivity contribution in [1.29, 1.82) is 0 Å². The predicted molar refractivity (Wildman–Crippen MR) is 109 cm³/mol. The van der Waals surface area contributed by atoms with Crippen molar-refractivity contribution >= 4 is 11.9 Å². The summed E-state index contributed by atoms with van der Waals surface area (Å²) in [6.07, 6.45) is 2.18. The molecule has 2 heterocycles. The van der Waals surface area contributed by atoms with Gasteiger partial charge in [0, 0.05) is 7.11 Å². The minimum Gasteiger partial charge on any atom is -0.497 e. The van der Waals surface area contributed by atoms with E-state index in [1.807, 2.05) is 28.9 Å². The van der Waals surface area contributed by atoms with Crippen LogP contribution in [0, 0.1) is 6.92 Å². The highest BCUT2D eigenvalue weighted by molar-refractivity contribution is 5.93. The fourth-order valence-electron chi connectivity index (χ4n) is 3.85. The first-order valence-electron chi connectivity index (χ1n) is 9.53. The Labute approximate surface area is 169 Å². The van der Waals surface area contributed by atoms with Crippen LogP contribution in [0.25, 0.3) is 0 Å². The number of rotatable bonds is 5. The zero-order chi connectivity index (χ0) is 20.4. The molecule has 1 amide bonds. The minimum absolute atomic E-state index is 0.0115. The number of hydrogen-bond donors (Lipinski definition) is 0. The van der Waals surface area contributed by atoms with Gasteiger partial charge in [-0.15, -0.1) is 0 Å². The molecule has 0 aliphatic carbocycles. The van der Waals surface area contributed by atoms with Gasteiger partial charge in [-0.3, -0.25) is 9.69 Å². The van der Waals surface area contributed by atoms with E-state index >= 15 is 0 Å². The van der Waals surface area contributed by atoms with E-state index < -0.39 is 0 Å². The molecule has 4 rings (SSSR count). The number of carbonyl (C=O) groups excluding carboxylic acids is 1. The van der Waals surface area contributed by atoms with Crippen LogP contribution >= 0.6 is 0 Å². The second-order valence-electron chi connectivity index (χ2n) is 7.15. The minimum atomic E-state index is -0.165. The Kier molecular flexibility index (Phi) is 5.31. The third kappa shape index (κ3) is 3.61. The Hall–Kier alpha value is -3.19. The molecule has 0 fully saturated rings. The number of benzene rings is 2. The number of anilines is 1. The Morgan fingerprint density at radius 3 is 2.34 bits per heavy atom. The molecule has 2 atom stereocenters. The highest BCUT2D eigenvalue weighted by atomic mass is 16.5. The maximum atomic E-state index is 12.9.